The smallest absolute Gasteiger partial charge is 0.229 e. The van der Waals surface area contributed by atoms with Gasteiger partial charge in [0.2, 0.25) is 95.2 Å². The predicted octanol–water partition coefficient (Wildman–Crippen LogP) is -2.65. The van der Waals surface area contributed by atoms with E-state index in [0.717, 1.165) is 71.9 Å². The van der Waals surface area contributed by atoms with E-state index in [4.69, 9.17) is 40.1 Å². The zero-order chi connectivity index (χ0) is 63.1. The monoisotopic (exact) mass is 1180 g/mol. The van der Waals surface area contributed by atoms with Crippen LogP contribution in [0.15, 0.2) is 0 Å². The molecule has 6 aromatic heterocycles. The van der Waals surface area contributed by atoms with Crippen molar-refractivity contribution in [2.45, 2.75) is 20.3 Å². The van der Waals surface area contributed by atoms with Crippen LogP contribution in [0.2, 0.25) is 0 Å². The standard InChI is InChI=1S/C15H33N9.C8H17N7.C7H15N7.C6H12N6.C5H9N5.C4H7N5/c1-22(2)10-7-16-13-19-14(17-8-11-23(3)4)21-15(20-13)18-9-12-24(5)6;1-15(2)5-3-4-11-8-13-6(9)12-7(10)14-8;1-14(2)4-3-10-7-12-5(8)11-6(9)13-7;1-7-4-10-5(8-2)12-6(9-3)11-4;1-3-8-4(6)10-5(7-2)9-3;1-2-7-3(5)9-4(6)8-2/h7-12H2,1-6H3,(H3,16,17,18,19,20,21);3-5H2,1-2H3,(H5,9,10,11,12,13,14);3-4H2,1-2H3,(H5,8,9,10,11,12,13);1-3H3,(H3,7,8,9,10,11,12);1-2H3,(H3,6,7,8,9,10);1H3,(H4,5,6,7,8,9). The van der Waals surface area contributed by atoms with Crippen molar-refractivity contribution in [3.05, 3.63) is 11.6 Å². The molecule has 0 bridgehead atoms. The number of likely N-dealkylation sites (N-methyl/N-ethyl adjacent to an activating group) is 4. The van der Waals surface area contributed by atoms with Crippen LogP contribution in [0.25, 0.3) is 0 Å². The highest BCUT2D eigenvalue weighted by Gasteiger charge is 2.08. The van der Waals surface area contributed by atoms with Gasteiger partial charge in [-0.15, -0.1) is 0 Å². The summed E-state index contributed by atoms with van der Waals surface area (Å²) in [6, 6.07) is 0. The number of nitrogens with zero attached hydrogens (tertiary/aromatic N) is 23. The van der Waals surface area contributed by atoms with Crippen LogP contribution in [0.5, 0.6) is 0 Å². The van der Waals surface area contributed by atoms with Crippen LogP contribution in [-0.2, 0) is 0 Å². The molecular weight excluding hydrogens is 1090 g/mol. The van der Waals surface area contributed by atoms with E-state index < -0.39 is 0 Å². The van der Waals surface area contributed by atoms with Gasteiger partial charge in [-0.1, -0.05) is 0 Å². The molecule has 468 valence electrons. The van der Waals surface area contributed by atoms with Crippen molar-refractivity contribution in [3.63, 3.8) is 0 Å². The minimum atomic E-state index is 0.129. The van der Waals surface area contributed by atoms with Gasteiger partial charge in [-0.05, 0) is 97.3 Å². The number of nitrogens with one attached hydrogen (secondary N) is 9. The first-order chi connectivity index (χ1) is 39.7. The Morgan fingerprint density at radius 3 is 0.702 bits per heavy atom. The average Bonchev–Trinajstić information content (AvgIpc) is 3.45. The van der Waals surface area contributed by atoms with Gasteiger partial charge >= 0.3 is 0 Å². The summed E-state index contributed by atoms with van der Waals surface area (Å²) in [5.41, 5.74) is 37.4. The lowest BCUT2D eigenvalue weighted by Crippen LogP contribution is -2.24. The molecule has 0 aliphatic heterocycles. The van der Waals surface area contributed by atoms with E-state index in [-0.39, 0.29) is 41.6 Å². The molecule has 0 spiro atoms. The van der Waals surface area contributed by atoms with E-state index in [1.54, 1.807) is 42.0 Å². The van der Waals surface area contributed by atoms with Crippen molar-refractivity contribution in [3.8, 4) is 0 Å². The van der Waals surface area contributed by atoms with E-state index in [2.05, 4.69) is 157 Å². The summed E-state index contributed by atoms with van der Waals surface area (Å²) >= 11 is 0. The Balaban J connectivity index is 0.000000520. The molecule has 0 radical (unpaired) electrons. The molecule has 39 heteroatoms. The van der Waals surface area contributed by atoms with Crippen molar-refractivity contribution in [2.75, 3.05) is 252 Å². The SMILES string of the molecule is CN(C)CCCNc1nc(N)nc(N)n1.CN(C)CCNc1nc(N)nc(N)n1.CN(C)CCNc1nc(NCCN(C)C)nc(NCCN(C)C)n1.CNc1nc(C)nc(N)n1.CNc1nc(NC)nc(NC)n1.Cc1nc(N)nc(N)n1. The summed E-state index contributed by atoms with van der Waals surface area (Å²) in [6.07, 6.45) is 0.999. The highest BCUT2D eigenvalue weighted by Crippen LogP contribution is 2.10. The summed E-state index contributed by atoms with van der Waals surface area (Å²) in [4.78, 5) is 81.3. The maximum atomic E-state index is 5.42. The maximum Gasteiger partial charge on any atom is 0.229 e. The third-order valence-electron chi connectivity index (χ3n) is 9.49. The second-order valence-corrected chi connectivity index (χ2v) is 18.5. The normalized spacial score (nSPS) is 10.3. The Labute approximate surface area is 492 Å². The fraction of sp³-hybridized carbons (Fsp3) is 0.600. The van der Waals surface area contributed by atoms with Crippen LogP contribution in [0.3, 0.4) is 0 Å². The van der Waals surface area contributed by atoms with E-state index in [9.17, 15) is 0 Å². The molecule has 39 nitrogen and oxygen atoms in total. The van der Waals surface area contributed by atoms with Crippen molar-refractivity contribution in [2.24, 2.45) is 0 Å². The topological polar surface area (TPSA) is 539 Å². The fourth-order valence-electron chi connectivity index (χ4n) is 5.60. The predicted molar refractivity (Wildman–Crippen MR) is 337 cm³/mol. The number of nitrogen functional groups attached to an aromatic ring is 7. The zero-order valence-electron chi connectivity index (χ0n) is 51.6. The van der Waals surface area contributed by atoms with E-state index in [1.165, 1.54) is 0 Å². The highest BCUT2D eigenvalue weighted by molar-refractivity contribution is 5.43. The van der Waals surface area contributed by atoms with Gasteiger partial charge in [0.15, 0.2) is 0 Å². The molecule has 6 heterocycles. The average molecular weight is 1180 g/mol. The fourth-order valence-corrected chi connectivity index (χ4v) is 5.60. The first kappa shape index (κ1) is 72.7. The quantitative estimate of drug-likeness (QED) is 0.0260. The molecule has 0 unspecified atom stereocenters. The van der Waals surface area contributed by atoms with Crippen molar-refractivity contribution in [1.29, 1.82) is 0 Å². The van der Waals surface area contributed by atoms with Crippen LogP contribution in [-0.4, -0.2) is 278 Å². The lowest BCUT2D eigenvalue weighted by molar-refractivity contribution is 0.405. The first-order valence-electron chi connectivity index (χ1n) is 26.1. The third-order valence-corrected chi connectivity index (χ3v) is 9.49. The van der Waals surface area contributed by atoms with E-state index >= 15 is 0 Å². The molecule has 0 saturated heterocycles. The summed E-state index contributed by atoms with van der Waals surface area (Å²) < 4.78 is 0. The molecule has 0 atom stereocenters. The lowest BCUT2D eigenvalue weighted by Gasteiger charge is -2.15. The van der Waals surface area contributed by atoms with E-state index in [0.29, 0.717) is 65.2 Å². The van der Waals surface area contributed by atoms with Crippen molar-refractivity contribution >= 4 is 95.2 Å². The molecule has 0 saturated carbocycles. The van der Waals surface area contributed by atoms with E-state index in [1.807, 2.05) is 75.4 Å². The van der Waals surface area contributed by atoms with Gasteiger partial charge in [-0.2, -0.15) is 89.7 Å². The summed E-state index contributed by atoms with van der Waals surface area (Å²) in [6.45, 7) is 12.0. The Kier molecular flexibility index (Phi) is 35.3. The van der Waals surface area contributed by atoms with Gasteiger partial charge in [0.05, 0.1) is 0 Å². The van der Waals surface area contributed by atoms with Crippen LogP contribution in [0.4, 0.5) is 95.2 Å². The largest absolute Gasteiger partial charge is 0.368 e. The Morgan fingerprint density at radius 1 is 0.250 bits per heavy atom. The molecular formula is C45H93N39. The molecule has 0 aromatic carbocycles. The molecule has 0 aliphatic carbocycles. The van der Waals surface area contributed by atoms with Crippen molar-refractivity contribution in [1.82, 2.24) is 114 Å². The second kappa shape index (κ2) is 40.8. The number of aromatic nitrogens is 18. The minimum absolute atomic E-state index is 0.129. The molecule has 23 N–H and O–H groups in total. The Morgan fingerprint density at radius 2 is 0.452 bits per heavy atom. The van der Waals surface area contributed by atoms with Gasteiger partial charge < -0.3 is 112 Å². The zero-order valence-corrected chi connectivity index (χ0v) is 51.6. The number of hydrogen-bond donors (Lipinski definition) is 16. The van der Waals surface area contributed by atoms with Gasteiger partial charge in [0.25, 0.3) is 0 Å². The summed E-state index contributed by atoms with van der Waals surface area (Å²) in [5, 5.41) is 27.0. The Hall–Kier alpha value is -9.34. The van der Waals surface area contributed by atoms with Crippen molar-refractivity contribution < 1.29 is 0 Å². The summed E-state index contributed by atoms with van der Waals surface area (Å²) in [5.74, 6) is 7.01. The highest BCUT2D eigenvalue weighted by atomic mass is 15.3. The third kappa shape index (κ3) is 36.1. The number of aryl methyl sites for hydroxylation is 2. The van der Waals surface area contributed by atoms with Crippen LogP contribution in [0.1, 0.15) is 18.1 Å². The van der Waals surface area contributed by atoms with Gasteiger partial charge in [-0.3, -0.25) is 0 Å². The lowest BCUT2D eigenvalue weighted by atomic mass is 10.4. The van der Waals surface area contributed by atoms with Crippen LogP contribution < -0.4 is 88.0 Å². The second-order valence-electron chi connectivity index (χ2n) is 18.5. The molecule has 84 heavy (non-hydrogen) atoms. The minimum Gasteiger partial charge on any atom is -0.368 e. The molecule has 6 aromatic rings. The molecule has 6 rings (SSSR count). The first-order valence-corrected chi connectivity index (χ1v) is 26.1. The van der Waals surface area contributed by atoms with Gasteiger partial charge in [0.1, 0.15) is 11.6 Å². The molecule has 0 fully saturated rings. The van der Waals surface area contributed by atoms with Crippen LogP contribution >= 0.6 is 0 Å². The maximum absolute atomic E-state index is 5.42. The molecule has 0 amide bonds. The van der Waals surface area contributed by atoms with Crippen LogP contribution in [0, 0.1) is 13.8 Å². The summed E-state index contributed by atoms with van der Waals surface area (Å²) in [7, 11) is 27.3. The van der Waals surface area contributed by atoms with Gasteiger partial charge in [-0.25, -0.2) is 0 Å². The van der Waals surface area contributed by atoms with Gasteiger partial charge in [0, 0.05) is 87.1 Å². The Bertz CT molecular complexity index is 2480. The molecule has 0 aliphatic rings. The number of nitrogens with two attached hydrogens (primary N) is 7. The number of hydrogen-bond acceptors (Lipinski definition) is 39. The number of rotatable bonds is 25. The number of anilines is 16.